The first-order chi connectivity index (χ1) is 7.58. The molecule has 1 amide bonds. The molecule has 1 aromatic carbocycles. The molecule has 0 fully saturated rings. The minimum absolute atomic E-state index is 0.00389. The fourth-order valence-electron chi connectivity index (χ4n) is 1.19. The summed E-state index contributed by atoms with van der Waals surface area (Å²) in [4.78, 5) is 12.9. The maximum absolute atomic E-state index is 12.8. The van der Waals surface area contributed by atoms with Crippen LogP contribution >= 0.6 is 0 Å². The van der Waals surface area contributed by atoms with Crippen molar-refractivity contribution in [2.75, 3.05) is 13.1 Å². The second kappa shape index (κ2) is 5.44. The van der Waals surface area contributed by atoms with Crippen molar-refractivity contribution in [2.24, 2.45) is 0 Å². The molecule has 16 heavy (non-hydrogen) atoms. The van der Waals surface area contributed by atoms with Crippen molar-refractivity contribution >= 4 is 6.09 Å². The smallest absolute Gasteiger partial charge is 0.410 e. The number of carbonyl (C=O) groups excluding carboxylic acids is 1. The van der Waals surface area contributed by atoms with E-state index in [2.05, 4.69) is 0 Å². The summed E-state index contributed by atoms with van der Waals surface area (Å²) < 4.78 is 30.3. The highest BCUT2D eigenvalue weighted by molar-refractivity contribution is 5.70. The lowest BCUT2D eigenvalue weighted by molar-refractivity contribution is 0.157. The van der Waals surface area contributed by atoms with E-state index in [0.29, 0.717) is 13.1 Å². The molecule has 88 valence electrons. The minimum Gasteiger partial charge on any atom is -0.410 e. The topological polar surface area (TPSA) is 29.5 Å². The third kappa shape index (κ3) is 2.92. The molecule has 0 atom stereocenters. The van der Waals surface area contributed by atoms with E-state index in [4.69, 9.17) is 4.74 Å². The molecule has 0 radical (unpaired) electrons. The first-order valence-corrected chi connectivity index (χ1v) is 5.00. The number of nitrogens with zero attached hydrogens (tertiary/aromatic N) is 1. The lowest BCUT2D eigenvalue weighted by Gasteiger charge is -2.17. The summed E-state index contributed by atoms with van der Waals surface area (Å²) in [6.45, 7) is 4.60. The molecule has 0 aliphatic heterocycles. The number of rotatable bonds is 3. The van der Waals surface area contributed by atoms with Crippen LogP contribution in [0, 0.1) is 11.6 Å². The van der Waals surface area contributed by atoms with Crippen LogP contribution in [0.25, 0.3) is 0 Å². The summed E-state index contributed by atoms with van der Waals surface area (Å²) in [6, 6.07) is 2.97. The third-order valence-corrected chi connectivity index (χ3v) is 2.12. The van der Waals surface area contributed by atoms with E-state index in [1.807, 2.05) is 0 Å². The highest BCUT2D eigenvalue weighted by Gasteiger charge is 2.13. The maximum Gasteiger partial charge on any atom is 0.415 e. The van der Waals surface area contributed by atoms with Gasteiger partial charge in [-0.15, -0.1) is 0 Å². The number of carbonyl (C=O) groups is 1. The Kier molecular flexibility index (Phi) is 4.22. The van der Waals surface area contributed by atoms with Gasteiger partial charge in [0, 0.05) is 19.2 Å². The van der Waals surface area contributed by atoms with Crippen LogP contribution in [0.3, 0.4) is 0 Å². The number of halogens is 2. The van der Waals surface area contributed by atoms with Gasteiger partial charge in [0.2, 0.25) is 0 Å². The van der Waals surface area contributed by atoms with Crippen LogP contribution in [0.15, 0.2) is 18.2 Å². The summed E-state index contributed by atoms with van der Waals surface area (Å²) in [6.07, 6.45) is -0.573. The Balaban J connectivity index is 2.73. The number of ether oxygens (including phenoxy) is 1. The SMILES string of the molecule is CCN(CC)C(=O)Oc1ccc(F)c(F)c1. The van der Waals surface area contributed by atoms with E-state index in [-0.39, 0.29) is 5.75 Å². The molecular formula is C11H13F2NO2. The average molecular weight is 229 g/mol. The summed E-state index contributed by atoms with van der Waals surface area (Å²) in [5, 5.41) is 0. The molecule has 5 heteroatoms. The minimum atomic E-state index is -1.04. The Morgan fingerprint density at radius 2 is 1.88 bits per heavy atom. The zero-order valence-electron chi connectivity index (χ0n) is 9.17. The van der Waals surface area contributed by atoms with Crippen molar-refractivity contribution in [2.45, 2.75) is 13.8 Å². The number of hydrogen-bond donors (Lipinski definition) is 0. The first-order valence-electron chi connectivity index (χ1n) is 5.00. The molecule has 0 unspecified atom stereocenters. The van der Waals surface area contributed by atoms with Crippen LogP contribution in [0.2, 0.25) is 0 Å². The van der Waals surface area contributed by atoms with Crippen LogP contribution in [0.5, 0.6) is 5.75 Å². The highest BCUT2D eigenvalue weighted by Crippen LogP contribution is 2.16. The summed E-state index contributed by atoms with van der Waals surface area (Å²) in [7, 11) is 0. The van der Waals surface area contributed by atoms with Gasteiger partial charge in [-0.3, -0.25) is 0 Å². The molecule has 0 N–H and O–H groups in total. The molecule has 0 aliphatic carbocycles. The Bertz CT molecular complexity index is 378. The van der Waals surface area contributed by atoms with Gasteiger partial charge < -0.3 is 9.64 Å². The molecule has 1 aromatic rings. The summed E-state index contributed by atoms with van der Waals surface area (Å²) in [5.74, 6) is -2.01. The molecule has 0 saturated carbocycles. The Hall–Kier alpha value is -1.65. The first kappa shape index (κ1) is 12.4. The van der Waals surface area contributed by atoms with E-state index in [1.165, 1.54) is 11.0 Å². The molecule has 0 heterocycles. The van der Waals surface area contributed by atoms with Gasteiger partial charge in [0.05, 0.1) is 0 Å². The van der Waals surface area contributed by atoms with Gasteiger partial charge in [-0.2, -0.15) is 0 Å². The number of hydrogen-bond acceptors (Lipinski definition) is 2. The van der Waals surface area contributed by atoms with Gasteiger partial charge in [0.15, 0.2) is 11.6 Å². The van der Waals surface area contributed by atoms with Crippen molar-refractivity contribution in [3.05, 3.63) is 29.8 Å². The molecule has 0 aliphatic rings. The molecular weight excluding hydrogens is 216 g/mol. The van der Waals surface area contributed by atoms with Crippen LogP contribution < -0.4 is 4.74 Å². The Morgan fingerprint density at radius 1 is 1.25 bits per heavy atom. The second-order valence-corrected chi connectivity index (χ2v) is 3.12. The average Bonchev–Trinajstić information content (AvgIpc) is 2.25. The predicted molar refractivity (Wildman–Crippen MR) is 55.3 cm³/mol. The lowest BCUT2D eigenvalue weighted by atomic mass is 10.3. The Morgan fingerprint density at radius 3 is 2.38 bits per heavy atom. The van der Waals surface area contributed by atoms with Crippen LogP contribution in [-0.4, -0.2) is 24.1 Å². The zero-order valence-corrected chi connectivity index (χ0v) is 9.17. The van der Waals surface area contributed by atoms with Crippen LogP contribution in [0.4, 0.5) is 13.6 Å². The fraction of sp³-hybridized carbons (Fsp3) is 0.364. The third-order valence-electron chi connectivity index (χ3n) is 2.12. The van der Waals surface area contributed by atoms with Crippen molar-refractivity contribution in [1.82, 2.24) is 4.90 Å². The normalized spacial score (nSPS) is 10.0. The van der Waals surface area contributed by atoms with Gasteiger partial charge in [-0.1, -0.05) is 0 Å². The lowest BCUT2D eigenvalue weighted by Crippen LogP contribution is -2.33. The van der Waals surface area contributed by atoms with Gasteiger partial charge in [-0.25, -0.2) is 13.6 Å². The molecule has 0 aromatic heterocycles. The van der Waals surface area contributed by atoms with E-state index in [0.717, 1.165) is 12.1 Å². The van der Waals surface area contributed by atoms with Crippen molar-refractivity contribution < 1.29 is 18.3 Å². The molecule has 1 rings (SSSR count). The summed E-state index contributed by atoms with van der Waals surface area (Å²) in [5.41, 5.74) is 0. The highest BCUT2D eigenvalue weighted by atomic mass is 19.2. The number of amides is 1. The molecule has 0 bridgehead atoms. The van der Waals surface area contributed by atoms with Crippen molar-refractivity contribution in [3.8, 4) is 5.75 Å². The standard InChI is InChI=1S/C11H13F2NO2/c1-3-14(4-2)11(15)16-8-5-6-9(12)10(13)7-8/h5-7H,3-4H2,1-2H3. The monoisotopic (exact) mass is 229 g/mol. The number of benzene rings is 1. The van der Waals surface area contributed by atoms with Crippen LogP contribution in [-0.2, 0) is 0 Å². The maximum atomic E-state index is 12.8. The fourth-order valence-corrected chi connectivity index (χ4v) is 1.19. The second-order valence-electron chi connectivity index (χ2n) is 3.12. The largest absolute Gasteiger partial charge is 0.415 e. The molecule has 0 spiro atoms. The van der Waals surface area contributed by atoms with E-state index < -0.39 is 17.7 Å². The Labute approximate surface area is 92.6 Å². The predicted octanol–water partition coefficient (Wildman–Crippen LogP) is 2.81. The van der Waals surface area contributed by atoms with Gasteiger partial charge in [0.25, 0.3) is 0 Å². The van der Waals surface area contributed by atoms with Gasteiger partial charge in [-0.05, 0) is 26.0 Å². The van der Waals surface area contributed by atoms with E-state index >= 15 is 0 Å². The van der Waals surface area contributed by atoms with E-state index in [9.17, 15) is 13.6 Å². The van der Waals surface area contributed by atoms with Crippen molar-refractivity contribution in [3.63, 3.8) is 0 Å². The van der Waals surface area contributed by atoms with Gasteiger partial charge in [0.1, 0.15) is 5.75 Å². The molecule has 0 saturated heterocycles. The summed E-state index contributed by atoms with van der Waals surface area (Å²) >= 11 is 0. The van der Waals surface area contributed by atoms with E-state index in [1.54, 1.807) is 13.8 Å². The zero-order chi connectivity index (χ0) is 12.1. The molecule has 3 nitrogen and oxygen atoms in total. The van der Waals surface area contributed by atoms with Crippen molar-refractivity contribution in [1.29, 1.82) is 0 Å². The van der Waals surface area contributed by atoms with Gasteiger partial charge >= 0.3 is 6.09 Å². The quantitative estimate of drug-likeness (QED) is 0.797. The van der Waals surface area contributed by atoms with Crippen LogP contribution in [0.1, 0.15) is 13.8 Å².